The molecule has 0 fully saturated rings. The molecule has 0 saturated heterocycles. The van der Waals surface area contributed by atoms with E-state index in [1.807, 2.05) is 31.2 Å². The van der Waals surface area contributed by atoms with Gasteiger partial charge in [-0.1, -0.05) is 29.8 Å². The van der Waals surface area contributed by atoms with Gasteiger partial charge in [0.15, 0.2) is 0 Å². The van der Waals surface area contributed by atoms with Crippen molar-refractivity contribution in [2.75, 3.05) is 14.2 Å². The van der Waals surface area contributed by atoms with E-state index in [9.17, 15) is 0 Å². The van der Waals surface area contributed by atoms with Crippen LogP contribution in [-0.4, -0.2) is 14.2 Å². The fourth-order valence-corrected chi connectivity index (χ4v) is 2.17. The second-order valence-electron chi connectivity index (χ2n) is 4.36. The van der Waals surface area contributed by atoms with Crippen LogP contribution in [0.25, 0.3) is 11.1 Å². The normalized spacial score (nSPS) is 10.2. The van der Waals surface area contributed by atoms with Gasteiger partial charge in [-0.2, -0.15) is 0 Å². The molecular weight excluding hydrogens is 224 g/mol. The van der Waals surface area contributed by atoms with E-state index in [-0.39, 0.29) is 0 Å². The minimum Gasteiger partial charge on any atom is -0.496 e. The van der Waals surface area contributed by atoms with Crippen molar-refractivity contribution in [3.8, 4) is 22.6 Å². The minimum atomic E-state index is 0.865. The Morgan fingerprint density at radius 3 is 2.28 bits per heavy atom. The van der Waals surface area contributed by atoms with Crippen molar-refractivity contribution in [1.29, 1.82) is 0 Å². The predicted molar refractivity (Wildman–Crippen MR) is 74.5 cm³/mol. The van der Waals surface area contributed by atoms with Crippen LogP contribution < -0.4 is 9.47 Å². The third kappa shape index (κ3) is 2.19. The zero-order valence-corrected chi connectivity index (χ0v) is 11.3. The van der Waals surface area contributed by atoms with Gasteiger partial charge in [0.25, 0.3) is 0 Å². The van der Waals surface area contributed by atoms with Gasteiger partial charge in [0.2, 0.25) is 0 Å². The predicted octanol–water partition coefficient (Wildman–Crippen LogP) is 3.99. The van der Waals surface area contributed by atoms with Crippen molar-refractivity contribution in [3.63, 3.8) is 0 Å². The highest BCUT2D eigenvalue weighted by Gasteiger charge is 2.12. The third-order valence-corrected chi connectivity index (χ3v) is 3.06. The number of hydrogen-bond acceptors (Lipinski definition) is 2. The summed E-state index contributed by atoms with van der Waals surface area (Å²) in [4.78, 5) is 0. The summed E-state index contributed by atoms with van der Waals surface area (Å²) in [5.41, 5.74) is 4.46. The average molecular weight is 242 g/mol. The number of aryl methyl sites for hydroxylation is 2. The molecule has 0 amide bonds. The minimum absolute atomic E-state index is 0.865. The summed E-state index contributed by atoms with van der Waals surface area (Å²) >= 11 is 0. The molecule has 0 spiro atoms. The molecule has 0 aliphatic carbocycles. The lowest BCUT2D eigenvalue weighted by molar-refractivity contribution is 0.408. The van der Waals surface area contributed by atoms with Crippen molar-refractivity contribution >= 4 is 0 Å². The fourth-order valence-electron chi connectivity index (χ4n) is 2.17. The molecule has 0 saturated carbocycles. The maximum Gasteiger partial charge on any atom is 0.129 e. The van der Waals surface area contributed by atoms with Crippen molar-refractivity contribution < 1.29 is 9.47 Å². The van der Waals surface area contributed by atoms with Crippen molar-refractivity contribution in [2.45, 2.75) is 13.8 Å². The number of ether oxygens (including phenoxy) is 2. The Morgan fingerprint density at radius 1 is 0.833 bits per heavy atom. The number of rotatable bonds is 3. The Balaban J connectivity index is 2.68. The quantitative estimate of drug-likeness (QED) is 0.810. The smallest absolute Gasteiger partial charge is 0.129 e. The van der Waals surface area contributed by atoms with Gasteiger partial charge < -0.3 is 9.47 Å². The van der Waals surface area contributed by atoms with Crippen LogP contribution in [0.3, 0.4) is 0 Å². The molecule has 0 unspecified atom stereocenters. The highest BCUT2D eigenvalue weighted by Crippen LogP contribution is 2.38. The largest absolute Gasteiger partial charge is 0.496 e. The summed E-state index contributed by atoms with van der Waals surface area (Å²) in [6.45, 7) is 4.12. The molecule has 0 aromatic heterocycles. The molecule has 94 valence electrons. The van der Waals surface area contributed by atoms with E-state index in [1.54, 1.807) is 14.2 Å². The van der Waals surface area contributed by atoms with E-state index in [0.717, 1.165) is 28.2 Å². The molecule has 0 aliphatic heterocycles. The van der Waals surface area contributed by atoms with E-state index >= 15 is 0 Å². The van der Waals surface area contributed by atoms with Crippen LogP contribution in [0.1, 0.15) is 11.1 Å². The van der Waals surface area contributed by atoms with E-state index in [0.29, 0.717) is 0 Å². The molecule has 0 N–H and O–H groups in total. The molecular formula is C16H18O2. The van der Waals surface area contributed by atoms with E-state index in [1.165, 1.54) is 5.56 Å². The Morgan fingerprint density at radius 2 is 1.61 bits per heavy atom. The van der Waals surface area contributed by atoms with Gasteiger partial charge in [-0.05, 0) is 31.5 Å². The molecule has 2 rings (SSSR count). The van der Waals surface area contributed by atoms with Gasteiger partial charge in [-0.15, -0.1) is 0 Å². The molecule has 18 heavy (non-hydrogen) atoms. The lowest BCUT2D eigenvalue weighted by atomic mass is 9.99. The Labute approximate surface area is 108 Å². The van der Waals surface area contributed by atoms with Crippen LogP contribution in [0.4, 0.5) is 0 Å². The van der Waals surface area contributed by atoms with Crippen LogP contribution in [0, 0.1) is 13.8 Å². The van der Waals surface area contributed by atoms with Crippen molar-refractivity contribution in [2.24, 2.45) is 0 Å². The van der Waals surface area contributed by atoms with Crippen LogP contribution in [0.2, 0.25) is 0 Å². The summed E-state index contributed by atoms with van der Waals surface area (Å²) in [6, 6.07) is 12.3. The highest BCUT2D eigenvalue weighted by atomic mass is 16.5. The summed E-state index contributed by atoms with van der Waals surface area (Å²) in [6.07, 6.45) is 0. The topological polar surface area (TPSA) is 18.5 Å². The van der Waals surface area contributed by atoms with E-state index in [4.69, 9.17) is 9.47 Å². The second kappa shape index (κ2) is 5.13. The Kier molecular flexibility index (Phi) is 3.56. The van der Waals surface area contributed by atoms with Gasteiger partial charge in [0, 0.05) is 11.1 Å². The molecule has 0 radical (unpaired) electrons. The van der Waals surface area contributed by atoms with Gasteiger partial charge in [0.05, 0.1) is 14.2 Å². The number of benzene rings is 2. The van der Waals surface area contributed by atoms with Gasteiger partial charge in [-0.25, -0.2) is 0 Å². The Bertz CT molecular complexity index is 559. The van der Waals surface area contributed by atoms with Crippen molar-refractivity contribution in [1.82, 2.24) is 0 Å². The summed E-state index contributed by atoms with van der Waals surface area (Å²) in [5.74, 6) is 1.77. The maximum atomic E-state index is 5.51. The monoisotopic (exact) mass is 242 g/mol. The molecule has 2 nitrogen and oxygen atoms in total. The second-order valence-corrected chi connectivity index (χ2v) is 4.36. The van der Waals surface area contributed by atoms with Crippen LogP contribution in [0.5, 0.6) is 11.5 Å². The standard InChI is InChI=1S/C16H18O2/c1-11-8-9-15(17-3)14(10-11)13-7-5-6-12(2)16(13)18-4/h5-10H,1-4H3. The first-order valence-corrected chi connectivity index (χ1v) is 5.96. The molecule has 0 bridgehead atoms. The van der Waals surface area contributed by atoms with Gasteiger partial charge >= 0.3 is 0 Å². The first-order chi connectivity index (χ1) is 8.67. The third-order valence-electron chi connectivity index (χ3n) is 3.06. The fraction of sp³-hybridized carbons (Fsp3) is 0.250. The van der Waals surface area contributed by atoms with Gasteiger partial charge in [-0.3, -0.25) is 0 Å². The van der Waals surface area contributed by atoms with Gasteiger partial charge in [0.1, 0.15) is 11.5 Å². The first kappa shape index (κ1) is 12.5. The number of para-hydroxylation sites is 1. The number of hydrogen-bond donors (Lipinski definition) is 0. The highest BCUT2D eigenvalue weighted by molar-refractivity contribution is 5.77. The zero-order chi connectivity index (χ0) is 13.1. The van der Waals surface area contributed by atoms with Crippen molar-refractivity contribution in [3.05, 3.63) is 47.5 Å². The van der Waals surface area contributed by atoms with E-state index in [2.05, 4.69) is 19.1 Å². The zero-order valence-electron chi connectivity index (χ0n) is 11.3. The van der Waals surface area contributed by atoms with E-state index < -0.39 is 0 Å². The van der Waals surface area contributed by atoms with Crippen LogP contribution >= 0.6 is 0 Å². The first-order valence-electron chi connectivity index (χ1n) is 5.96. The summed E-state index contributed by atoms with van der Waals surface area (Å²) < 4.78 is 11.0. The average Bonchev–Trinajstić information content (AvgIpc) is 2.38. The lowest BCUT2D eigenvalue weighted by Crippen LogP contribution is -1.94. The van der Waals surface area contributed by atoms with Crippen LogP contribution in [0.15, 0.2) is 36.4 Å². The molecule has 2 heteroatoms. The Hall–Kier alpha value is -1.96. The molecule has 0 atom stereocenters. The molecule has 2 aromatic rings. The maximum absolute atomic E-state index is 5.51. The lowest BCUT2D eigenvalue weighted by Gasteiger charge is -2.14. The summed E-state index contributed by atoms with van der Waals surface area (Å²) in [7, 11) is 3.39. The summed E-state index contributed by atoms with van der Waals surface area (Å²) in [5, 5.41) is 0. The number of methoxy groups -OCH3 is 2. The molecule has 0 aliphatic rings. The molecule has 0 heterocycles. The SMILES string of the molecule is COc1ccc(C)cc1-c1cccc(C)c1OC. The van der Waals surface area contributed by atoms with Crippen LogP contribution in [-0.2, 0) is 0 Å². The molecule has 2 aromatic carbocycles.